The molecule has 2 N–H and O–H groups in total. The van der Waals surface area contributed by atoms with Crippen molar-refractivity contribution >= 4 is 28.6 Å². The maximum atomic E-state index is 12.3. The standard InChI is InChI=1S/C16H21NO3S/c1-10-6-5-7-12-11(2)14(20-13(10)12)15(18)17-8-16(3,19)9-21-4/h5-7,19H,8-9H2,1-4H3,(H,17,18). The van der Waals surface area contributed by atoms with E-state index in [1.54, 1.807) is 18.7 Å². The zero-order chi connectivity index (χ0) is 15.6. The van der Waals surface area contributed by atoms with Crippen molar-refractivity contribution in [2.75, 3.05) is 18.6 Å². The number of nitrogens with one attached hydrogen (secondary N) is 1. The molecule has 1 aromatic heterocycles. The minimum Gasteiger partial charge on any atom is -0.450 e. The van der Waals surface area contributed by atoms with Gasteiger partial charge in [-0.25, -0.2) is 0 Å². The summed E-state index contributed by atoms with van der Waals surface area (Å²) in [5.74, 6) is 0.592. The van der Waals surface area contributed by atoms with Crippen molar-refractivity contribution in [2.45, 2.75) is 26.4 Å². The van der Waals surface area contributed by atoms with E-state index in [0.29, 0.717) is 11.5 Å². The number of carbonyl (C=O) groups is 1. The molecule has 0 aliphatic carbocycles. The molecule has 1 aromatic carbocycles. The molecule has 0 aliphatic rings. The first-order chi connectivity index (χ1) is 9.85. The smallest absolute Gasteiger partial charge is 0.287 e. The van der Waals surface area contributed by atoms with Crippen LogP contribution in [-0.2, 0) is 0 Å². The van der Waals surface area contributed by atoms with Gasteiger partial charge in [-0.3, -0.25) is 4.79 Å². The highest BCUT2D eigenvalue weighted by atomic mass is 32.2. The van der Waals surface area contributed by atoms with Gasteiger partial charge in [0, 0.05) is 23.2 Å². The normalized spacial score (nSPS) is 14.1. The highest BCUT2D eigenvalue weighted by Crippen LogP contribution is 2.27. The molecule has 0 saturated heterocycles. The second-order valence-electron chi connectivity index (χ2n) is 5.62. The Morgan fingerprint density at radius 1 is 1.43 bits per heavy atom. The molecule has 1 amide bonds. The SMILES string of the molecule is CSCC(C)(O)CNC(=O)c1oc2c(C)cccc2c1C. The first-order valence-corrected chi connectivity index (χ1v) is 8.23. The number of fused-ring (bicyclic) bond motifs is 1. The summed E-state index contributed by atoms with van der Waals surface area (Å²) in [6, 6.07) is 5.85. The van der Waals surface area contributed by atoms with E-state index in [4.69, 9.17) is 4.42 Å². The number of thioether (sulfide) groups is 1. The summed E-state index contributed by atoms with van der Waals surface area (Å²) < 4.78 is 5.72. The number of furan rings is 1. The molecule has 0 fully saturated rings. The lowest BCUT2D eigenvalue weighted by Gasteiger charge is -2.22. The zero-order valence-electron chi connectivity index (χ0n) is 12.8. The summed E-state index contributed by atoms with van der Waals surface area (Å²) >= 11 is 1.54. The van der Waals surface area contributed by atoms with Gasteiger partial charge in [0.1, 0.15) is 5.58 Å². The summed E-state index contributed by atoms with van der Waals surface area (Å²) in [7, 11) is 0. The molecule has 21 heavy (non-hydrogen) atoms. The summed E-state index contributed by atoms with van der Waals surface area (Å²) in [5, 5.41) is 13.8. The molecule has 1 heterocycles. The summed E-state index contributed by atoms with van der Waals surface area (Å²) in [6.45, 7) is 5.73. The Labute approximate surface area is 128 Å². The molecule has 2 aromatic rings. The molecule has 2 rings (SSSR count). The molecule has 114 valence electrons. The van der Waals surface area contributed by atoms with E-state index in [2.05, 4.69) is 5.32 Å². The van der Waals surface area contributed by atoms with Gasteiger partial charge in [0.15, 0.2) is 5.76 Å². The van der Waals surface area contributed by atoms with Gasteiger partial charge in [-0.1, -0.05) is 18.2 Å². The van der Waals surface area contributed by atoms with Crippen molar-refractivity contribution in [3.63, 3.8) is 0 Å². The summed E-state index contributed by atoms with van der Waals surface area (Å²) in [5.41, 5.74) is 1.65. The molecule has 0 spiro atoms. The Morgan fingerprint density at radius 2 is 2.14 bits per heavy atom. The van der Waals surface area contributed by atoms with Crippen LogP contribution in [0, 0.1) is 13.8 Å². The summed E-state index contributed by atoms with van der Waals surface area (Å²) in [4.78, 5) is 12.3. The molecule has 0 bridgehead atoms. The lowest BCUT2D eigenvalue weighted by atomic mass is 10.1. The van der Waals surface area contributed by atoms with E-state index >= 15 is 0 Å². The topological polar surface area (TPSA) is 62.5 Å². The van der Waals surface area contributed by atoms with Gasteiger partial charge in [-0.2, -0.15) is 11.8 Å². The second-order valence-corrected chi connectivity index (χ2v) is 6.49. The molecule has 4 nitrogen and oxygen atoms in total. The van der Waals surface area contributed by atoms with Crippen molar-refractivity contribution in [3.05, 3.63) is 35.1 Å². The van der Waals surface area contributed by atoms with Crippen LogP contribution in [0.2, 0.25) is 0 Å². The number of aliphatic hydroxyl groups is 1. The van der Waals surface area contributed by atoms with Gasteiger partial charge in [-0.05, 0) is 32.6 Å². The van der Waals surface area contributed by atoms with Gasteiger partial charge in [-0.15, -0.1) is 0 Å². The van der Waals surface area contributed by atoms with Crippen LogP contribution >= 0.6 is 11.8 Å². The first-order valence-electron chi connectivity index (χ1n) is 6.84. The average Bonchev–Trinajstić information content (AvgIpc) is 2.76. The predicted octanol–water partition coefficient (Wildman–Crippen LogP) is 2.89. The monoisotopic (exact) mass is 307 g/mol. The van der Waals surface area contributed by atoms with Gasteiger partial charge in [0.2, 0.25) is 0 Å². The van der Waals surface area contributed by atoms with Crippen LogP contribution in [0.5, 0.6) is 0 Å². The Bertz CT molecular complexity index is 661. The van der Waals surface area contributed by atoms with E-state index in [1.165, 1.54) is 0 Å². The minimum absolute atomic E-state index is 0.197. The molecule has 1 unspecified atom stereocenters. The highest BCUT2D eigenvalue weighted by molar-refractivity contribution is 7.98. The Hall–Kier alpha value is -1.46. The number of amides is 1. The predicted molar refractivity (Wildman–Crippen MR) is 87.0 cm³/mol. The molecule has 0 saturated carbocycles. The number of aryl methyl sites for hydroxylation is 2. The quantitative estimate of drug-likeness (QED) is 0.891. The van der Waals surface area contributed by atoms with Crippen LogP contribution in [0.1, 0.15) is 28.6 Å². The largest absolute Gasteiger partial charge is 0.450 e. The molecular formula is C16H21NO3S. The van der Waals surface area contributed by atoms with Crippen molar-refractivity contribution in [3.8, 4) is 0 Å². The maximum Gasteiger partial charge on any atom is 0.287 e. The Morgan fingerprint density at radius 3 is 2.76 bits per heavy atom. The summed E-state index contributed by atoms with van der Waals surface area (Å²) in [6.07, 6.45) is 1.92. The van der Waals surface area contributed by atoms with E-state index < -0.39 is 5.60 Å². The van der Waals surface area contributed by atoms with Gasteiger partial charge >= 0.3 is 0 Å². The maximum absolute atomic E-state index is 12.3. The third-order valence-electron chi connectivity index (χ3n) is 3.45. The lowest BCUT2D eigenvalue weighted by molar-refractivity contribution is 0.0710. The average molecular weight is 307 g/mol. The number of hydrogen-bond donors (Lipinski definition) is 2. The zero-order valence-corrected chi connectivity index (χ0v) is 13.6. The van der Waals surface area contributed by atoms with Crippen LogP contribution in [0.15, 0.2) is 22.6 Å². The number of hydrogen-bond acceptors (Lipinski definition) is 4. The van der Waals surface area contributed by atoms with Crippen molar-refractivity contribution in [1.82, 2.24) is 5.32 Å². The third kappa shape index (κ3) is 3.41. The van der Waals surface area contributed by atoms with Crippen molar-refractivity contribution < 1.29 is 14.3 Å². The van der Waals surface area contributed by atoms with Crippen molar-refractivity contribution in [2.24, 2.45) is 0 Å². The van der Waals surface area contributed by atoms with E-state index in [-0.39, 0.29) is 12.5 Å². The number of benzene rings is 1. The molecule has 0 aliphatic heterocycles. The number of rotatable bonds is 5. The third-order valence-corrected chi connectivity index (χ3v) is 4.36. The fraction of sp³-hybridized carbons (Fsp3) is 0.438. The van der Waals surface area contributed by atoms with E-state index in [0.717, 1.165) is 22.1 Å². The fourth-order valence-corrected chi connectivity index (χ4v) is 3.04. The Kier molecular flexibility index (Phi) is 4.64. The molecule has 5 heteroatoms. The van der Waals surface area contributed by atoms with Crippen LogP contribution in [0.3, 0.4) is 0 Å². The van der Waals surface area contributed by atoms with Crippen LogP contribution in [0.25, 0.3) is 11.0 Å². The molecule has 1 atom stereocenters. The fourth-order valence-electron chi connectivity index (χ4n) is 2.31. The van der Waals surface area contributed by atoms with E-state index in [1.807, 2.05) is 38.3 Å². The van der Waals surface area contributed by atoms with Crippen LogP contribution < -0.4 is 5.32 Å². The minimum atomic E-state index is -0.926. The van der Waals surface area contributed by atoms with Gasteiger partial charge in [0.05, 0.1) is 5.60 Å². The second kappa shape index (κ2) is 6.12. The number of carbonyl (C=O) groups excluding carboxylic acids is 1. The Balaban J connectivity index is 2.20. The molecular weight excluding hydrogens is 286 g/mol. The molecule has 0 radical (unpaired) electrons. The lowest BCUT2D eigenvalue weighted by Crippen LogP contribution is -2.42. The van der Waals surface area contributed by atoms with E-state index in [9.17, 15) is 9.90 Å². The number of para-hydroxylation sites is 1. The van der Waals surface area contributed by atoms with Gasteiger partial charge < -0.3 is 14.8 Å². The van der Waals surface area contributed by atoms with Gasteiger partial charge in [0.25, 0.3) is 5.91 Å². The van der Waals surface area contributed by atoms with Crippen molar-refractivity contribution in [1.29, 1.82) is 0 Å². The van der Waals surface area contributed by atoms with Crippen LogP contribution in [-0.4, -0.2) is 35.2 Å². The van der Waals surface area contributed by atoms with Crippen LogP contribution in [0.4, 0.5) is 0 Å². The first kappa shape index (κ1) is 15.9. The highest BCUT2D eigenvalue weighted by Gasteiger charge is 2.23.